The highest BCUT2D eigenvalue weighted by Gasteiger charge is 2.23. The Morgan fingerprint density at radius 2 is 1.96 bits per heavy atom. The molecule has 0 bridgehead atoms. The summed E-state index contributed by atoms with van der Waals surface area (Å²) in [5.74, 6) is 3.04. The second-order valence-corrected chi connectivity index (χ2v) is 8.40. The Morgan fingerprint density at radius 1 is 1.22 bits per heavy atom. The van der Waals surface area contributed by atoms with Gasteiger partial charge in [-0.3, -0.25) is 9.89 Å². The van der Waals surface area contributed by atoms with Crippen LogP contribution in [-0.4, -0.2) is 61.1 Å². The normalized spacial score (nSPS) is 23.8. The molecule has 2 heterocycles. The molecule has 0 amide bonds. The van der Waals surface area contributed by atoms with E-state index in [1.165, 1.54) is 50.9 Å². The number of halogens is 1. The van der Waals surface area contributed by atoms with Gasteiger partial charge >= 0.3 is 0 Å². The van der Waals surface area contributed by atoms with E-state index in [1.54, 1.807) is 0 Å². The van der Waals surface area contributed by atoms with Crippen LogP contribution in [0.15, 0.2) is 4.99 Å². The van der Waals surface area contributed by atoms with E-state index in [2.05, 4.69) is 46.1 Å². The molecule has 0 spiro atoms. The van der Waals surface area contributed by atoms with Crippen molar-refractivity contribution in [3.05, 3.63) is 0 Å². The minimum Gasteiger partial charge on any atom is -0.355 e. The molecule has 2 atom stereocenters. The molecule has 2 fully saturated rings. The lowest BCUT2D eigenvalue weighted by molar-refractivity contribution is 0.213. The highest BCUT2D eigenvalue weighted by Crippen LogP contribution is 2.25. The maximum atomic E-state index is 4.39. The molecule has 2 aliphatic rings. The summed E-state index contributed by atoms with van der Waals surface area (Å²) in [7, 11) is 1.88. The van der Waals surface area contributed by atoms with E-state index in [-0.39, 0.29) is 24.0 Å². The number of hydrogen-bond acceptors (Lipinski definition) is 3. The Bertz CT molecular complexity index is 339. The third-order valence-corrected chi connectivity index (χ3v) is 6.05. The van der Waals surface area contributed by atoms with Crippen LogP contribution in [0.3, 0.4) is 0 Å². The summed E-state index contributed by atoms with van der Waals surface area (Å²) in [6.07, 6.45) is 6.70. The van der Waals surface area contributed by atoms with Gasteiger partial charge in [0.15, 0.2) is 5.96 Å². The van der Waals surface area contributed by atoms with Crippen LogP contribution >= 0.6 is 35.7 Å². The summed E-state index contributed by atoms with van der Waals surface area (Å²) in [5, 5.41) is 7.84. The van der Waals surface area contributed by atoms with Crippen LogP contribution in [0, 0.1) is 5.92 Å². The fraction of sp³-hybridized carbons (Fsp3) is 0.941. The van der Waals surface area contributed by atoms with E-state index in [1.807, 2.05) is 7.05 Å². The summed E-state index contributed by atoms with van der Waals surface area (Å²) < 4.78 is 0. The summed E-state index contributed by atoms with van der Waals surface area (Å²) >= 11 is 2.09. The van der Waals surface area contributed by atoms with Gasteiger partial charge in [-0.2, -0.15) is 11.8 Å². The van der Waals surface area contributed by atoms with Crippen molar-refractivity contribution in [1.29, 1.82) is 0 Å². The van der Waals surface area contributed by atoms with Gasteiger partial charge in [0, 0.05) is 31.4 Å². The Morgan fingerprint density at radius 3 is 2.52 bits per heavy atom. The molecule has 23 heavy (non-hydrogen) atoms. The Balaban J connectivity index is 0.00000264. The van der Waals surface area contributed by atoms with Crippen molar-refractivity contribution in [3.63, 3.8) is 0 Å². The lowest BCUT2D eigenvalue weighted by atomic mass is 10.0. The number of nitrogens with zero attached hydrogens (tertiary/aromatic N) is 2. The molecule has 2 aliphatic heterocycles. The number of guanidine groups is 1. The number of hydrogen-bond donors (Lipinski definition) is 2. The smallest absolute Gasteiger partial charge is 0.191 e. The molecule has 0 saturated carbocycles. The van der Waals surface area contributed by atoms with Gasteiger partial charge in [0.25, 0.3) is 0 Å². The highest BCUT2D eigenvalue weighted by atomic mass is 127. The zero-order chi connectivity index (χ0) is 15.8. The molecule has 2 rings (SSSR count). The van der Waals surface area contributed by atoms with E-state index in [9.17, 15) is 0 Å². The van der Waals surface area contributed by atoms with Gasteiger partial charge in [-0.15, -0.1) is 24.0 Å². The van der Waals surface area contributed by atoms with Crippen molar-refractivity contribution < 1.29 is 0 Å². The van der Waals surface area contributed by atoms with Gasteiger partial charge in [0.05, 0.1) is 0 Å². The average molecular weight is 454 g/mol. The van der Waals surface area contributed by atoms with Gasteiger partial charge in [0.2, 0.25) is 0 Å². The lowest BCUT2D eigenvalue weighted by Crippen LogP contribution is -2.47. The van der Waals surface area contributed by atoms with Crippen LogP contribution in [0.25, 0.3) is 0 Å². The molecule has 0 aromatic carbocycles. The molecule has 6 heteroatoms. The summed E-state index contributed by atoms with van der Waals surface area (Å²) in [5.41, 5.74) is 0. The summed E-state index contributed by atoms with van der Waals surface area (Å²) in [6.45, 7) is 9.24. The number of likely N-dealkylation sites (tertiary alicyclic amines) is 1. The van der Waals surface area contributed by atoms with Gasteiger partial charge in [-0.05, 0) is 56.9 Å². The third kappa shape index (κ3) is 7.82. The zero-order valence-electron chi connectivity index (χ0n) is 15.0. The van der Waals surface area contributed by atoms with Crippen molar-refractivity contribution in [2.24, 2.45) is 10.9 Å². The van der Waals surface area contributed by atoms with Crippen LogP contribution in [-0.2, 0) is 0 Å². The van der Waals surface area contributed by atoms with E-state index in [4.69, 9.17) is 0 Å². The number of aliphatic imine (C=N–C) groups is 1. The average Bonchev–Trinajstić information content (AvgIpc) is 3.19. The van der Waals surface area contributed by atoms with Crippen molar-refractivity contribution in [2.45, 2.75) is 57.2 Å². The van der Waals surface area contributed by atoms with Crippen molar-refractivity contribution in [2.75, 3.05) is 39.0 Å². The molecule has 0 aliphatic carbocycles. The summed E-state index contributed by atoms with van der Waals surface area (Å²) in [4.78, 5) is 7.05. The zero-order valence-corrected chi connectivity index (χ0v) is 18.2. The maximum Gasteiger partial charge on any atom is 0.191 e. The molecule has 2 saturated heterocycles. The first kappa shape index (κ1) is 21.4. The molecular formula is C17H35IN4S. The van der Waals surface area contributed by atoms with Gasteiger partial charge in [-0.25, -0.2) is 0 Å². The number of nitrogens with one attached hydrogen (secondary N) is 2. The van der Waals surface area contributed by atoms with Crippen LogP contribution in [0.4, 0.5) is 0 Å². The van der Waals surface area contributed by atoms with Gasteiger partial charge < -0.3 is 10.6 Å². The quantitative estimate of drug-likeness (QED) is 0.352. The molecule has 2 unspecified atom stereocenters. The van der Waals surface area contributed by atoms with Crippen molar-refractivity contribution >= 4 is 41.7 Å². The first-order valence-corrected chi connectivity index (χ1v) is 10.0. The van der Waals surface area contributed by atoms with Crippen molar-refractivity contribution in [1.82, 2.24) is 15.5 Å². The number of rotatable bonds is 7. The third-order valence-electron chi connectivity index (χ3n) is 4.65. The molecule has 0 aromatic heterocycles. The molecule has 0 radical (unpaired) electrons. The molecular weight excluding hydrogens is 419 g/mol. The molecule has 0 aromatic rings. The predicted molar refractivity (Wildman–Crippen MR) is 114 cm³/mol. The molecule has 2 N–H and O–H groups in total. The molecule has 136 valence electrons. The number of thioether (sulfide) groups is 1. The Hall–Kier alpha value is 0.310. The second kappa shape index (κ2) is 11.8. The maximum absolute atomic E-state index is 4.39. The van der Waals surface area contributed by atoms with Crippen LogP contribution < -0.4 is 10.6 Å². The first-order valence-electron chi connectivity index (χ1n) is 8.99. The highest BCUT2D eigenvalue weighted by molar-refractivity contribution is 14.0. The topological polar surface area (TPSA) is 39.7 Å². The summed E-state index contributed by atoms with van der Waals surface area (Å²) in [6, 6.07) is 0.641. The fourth-order valence-corrected chi connectivity index (χ4v) is 4.66. The first-order chi connectivity index (χ1) is 10.7. The minimum absolute atomic E-state index is 0. The monoisotopic (exact) mass is 454 g/mol. The van der Waals surface area contributed by atoms with E-state index >= 15 is 0 Å². The minimum atomic E-state index is 0. The van der Waals surface area contributed by atoms with E-state index < -0.39 is 0 Å². The van der Waals surface area contributed by atoms with Gasteiger partial charge in [-0.1, -0.05) is 13.8 Å². The fourth-order valence-electron chi connectivity index (χ4n) is 3.46. The Labute approximate surface area is 164 Å². The lowest BCUT2D eigenvalue weighted by Gasteiger charge is -2.30. The van der Waals surface area contributed by atoms with E-state index in [0.717, 1.165) is 30.2 Å². The van der Waals surface area contributed by atoms with Gasteiger partial charge in [0.1, 0.15) is 0 Å². The van der Waals surface area contributed by atoms with E-state index in [0.29, 0.717) is 6.04 Å². The predicted octanol–water partition coefficient (Wildman–Crippen LogP) is 3.18. The van der Waals surface area contributed by atoms with Crippen LogP contribution in [0.5, 0.6) is 0 Å². The SMILES string of the molecule is CN=C(NCC1CCCS1)NCC(CC(C)C)N1CCCC1.I. The Kier molecular flexibility index (Phi) is 10.9. The van der Waals surface area contributed by atoms with Crippen LogP contribution in [0.1, 0.15) is 46.0 Å². The van der Waals surface area contributed by atoms with Crippen LogP contribution in [0.2, 0.25) is 0 Å². The van der Waals surface area contributed by atoms with Crippen molar-refractivity contribution in [3.8, 4) is 0 Å². The second-order valence-electron chi connectivity index (χ2n) is 7.00. The standard InChI is InChI=1S/C17H34N4S.HI/c1-14(2)11-15(21-8-4-5-9-21)12-19-17(18-3)20-13-16-7-6-10-22-16;/h14-16H,4-13H2,1-3H3,(H2,18,19,20);1H. The molecule has 4 nitrogen and oxygen atoms in total. The largest absolute Gasteiger partial charge is 0.355 e.